The Morgan fingerprint density at radius 3 is 2.38 bits per heavy atom. The van der Waals surface area contributed by atoms with Crippen LogP contribution in [0.5, 0.6) is 0 Å². The minimum atomic E-state index is -1.03. The maximum atomic E-state index is 13.9. The summed E-state index contributed by atoms with van der Waals surface area (Å²) in [6.45, 7) is 8.57. The quantitative estimate of drug-likeness (QED) is 0.397. The molecule has 2 rings (SSSR count). The molecule has 0 radical (unpaired) electrons. The first-order valence-electron chi connectivity index (χ1n) is 12.3. The number of thioether (sulfide) groups is 1. The molecule has 0 aliphatic carbocycles. The smallest absolute Gasteiger partial charge is 0.408 e. The van der Waals surface area contributed by atoms with E-state index in [1.165, 1.54) is 16.7 Å². The highest BCUT2D eigenvalue weighted by Crippen LogP contribution is 2.26. The van der Waals surface area contributed by atoms with Gasteiger partial charge in [-0.15, -0.1) is 0 Å². The van der Waals surface area contributed by atoms with Crippen LogP contribution in [0.2, 0.25) is 0 Å². The normalized spacial score (nSPS) is 12.8. The first-order chi connectivity index (χ1) is 17.5. The molecular formula is C28H39N3O5S. The van der Waals surface area contributed by atoms with Crippen LogP contribution >= 0.6 is 11.8 Å². The number of aryl methyl sites for hydroxylation is 2. The number of para-hydroxylation sites is 1. The lowest BCUT2D eigenvalue weighted by Gasteiger charge is -2.34. The Balaban J connectivity index is 2.48. The van der Waals surface area contributed by atoms with Gasteiger partial charge in [-0.2, -0.15) is 11.8 Å². The number of hydrogen-bond acceptors (Lipinski definition) is 6. The zero-order valence-electron chi connectivity index (χ0n) is 22.5. The average molecular weight is 530 g/mol. The third kappa shape index (κ3) is 9.40. The molecule has 0 aliphatic heterocycles. The minimum absolute atomic E-state index is 0.0929. The maximum absolute atomic E-state index is 13.9. The summed E-state index contributed by atoms with van der Waals surface area (Å²) in [4.78, 5) is 41.6. The van der Waals surface area contributed by atoms with Crippen molar-refractivity contribution >= 4 is 35.4 Å². The van der Waals surface area contributed by atoms with Crippen LogP contribution in [0.25, 0.3) is 0 Å². The van der Waals surface area contributed by atoms with Crippen molar-refractivity contribution in [3.05, 3.63) is 65.2 Å². The molecule has 0 fully saturated rings. The lowest BCUT2D eigenvalue weighted by Crippen LogP contribution is -2.53. The number of rotatable bonds is 11. The summed E-state index contributed by atoms with van der Waals surface area (Å²) < 4.78 is 5.38. The molecule has 2 atom stereocenters. The minimum Gasteiger partial charge on any atom is -0.444 e. The predicted octanol–water partition coefficient (Wildman–Crippen LogP) is 4.45. The van der Waals surface area contributed by atoms with Gasteiger partial charge in [0.25, 0.3) is 5.91 Å². The summed E-state index contributed by atoms with van der Waals surface area (Å²) in [7, 11) is 0. The third-order valence-electron chi connectivity index (χ3n) is 5.54. The molecule has 0 saturated heterocycles. The molecular weight excluding hydrogens is 490 g/mol. The van der Waals surface area contributed by atoms with E-state index in [4.69, 9.17) is 4.74 Å². The highest BCUT2D eigenvalue weighted by Gasteiger charge is 2.36. The molecule has 0 heterocycles. The van der Waals surface area contributed by atoms with Gasteiger partial charge in [-0.3, -0.25) is 9.59 Å². The van der Waals surface area contributed by atoms with E-state index in [-0.39, 0.29) is 13.2 Å². The number of nitrogens with one attached hydrogen (secondary N) is 2. The molecule has 2 aromatic rings. The second-order valence-corrected chi connectivity index (χ2v) is 10.8. The van der Waals surface area contributed by atoms with E-state index in [2.05, 4.69) is 10.6 Å². The molecule has 3 amide bonds. The van der Waals surface area contributed by atoms with E-state index in [1.807, 2.05) is 56.5 Å². The first kappa shape index (κ1) is 30.2. The predicted molar refractivity (Wildman–Crippen MR) is 149 cm³/mol. The fourth-order valence-electron chi connectivity index (χ4n) is 3.84. The van der Waals surface area contributed by atoms with Crippen molar-refractivity contribution in [1.82, 2.24) is 10.2 Å². The Bertz CT molecular complexity index is 1070. The molecule has 8 nitrogen and oxygen atoms in total. The third-order valence-corrected chi connectivity index (χ3v) is 6.19. The summed E-state index contributed by atoms with van der Waals surface area (Å²) in [5, 5.41) is 15.5. The Morgan fingerprint density at radius 2 is 1.78 bits per heavy atom. The van der Waals surface area contributed by atoms with Crippen molar-refractivity contribution < 1.29 is 24.2 Å². The number of benzene rings is 2. The fraction of sp³-hybridized carbons (Fsp3) is 0.464. The molecule has 2 aromatic carbocycles. The lowest BCUT2D eigenvalue weighted by molar-refractivity contribution is -0.141. The largest absolute Gasteiger partial charge is 0.444 e. The van der Waals surface area contributed by atoms with Gasteiger partial charge in [0, 0.05) is 12.2 Å². The molecule has 9 heteroatoms. The molecule has 202 valence electrons. The molecule has 0 aliphatic rings. The summed E-state index contributed by atoms with van der Waals surface area (Å²) in [5.74, 6) is -0.285. The van der Waals surface area contributed by atoms with Gasteiger partial charge < -0.3 is 25.4 Å². The van der Waals surface area contributed by atoms with Crippen molar-refractivity contribution in [2.24, 2.45) is 0 Å². The molecule has 0 aromatic heterocycles. The number of nitrogens with zero attached hydrogens (tertiary/aromatic N) is 1. The number of hydrogen-bond donors (Lipinski definition) is 3. The van der Waals surface area contributed by atoms with Crippen LogP contribution in [-0.4, -0.2) is 64.7 Å². The number of amides is 3. The summed E-state index contributed by atoms with van der Waals surface area (Å²) in [6, 6.07) is 12.8. The molecule has 37 heavy (non-hydrogen) atoms. The molecule has 0 bridgehead atoms. The van der Waals surface area contributed by atoms with Crippen molar-refractivity contribution in [3.63, 3.8) is 0 Å². The summed E-state index contributed by atoms with van der Waals surface area (Å²) >= 11 is 1.54. The van der Waals surface area contributed by atoms with Crippen molar-refractivity contribution in [2.45, 2.75) is 58.7 Å². The van der Waals surface area contributed by atoms with E-state index < -0.39 is 35.6 Å². The Morgan fingerprint density at radius 1 is 1.08 bits per heavy atom. The Kier molecular flexibility index (Phi) is 11.5. The molecule has 2 unspecified atom stereocenters. The van der Waals surface area contributed by atoms with Crippen molar-refractivity contribution in [3.8, 4) is 0 Å². The topological polar surface area (TPSA) is 108 Å². The summed E-state index contributed by atoms with van der Waals surface area (Å²) in [5.41, 5.74) is 2.30. The zero-order chi connectivity index (χ0) is 27.6. The number of ether oxygens (including phenoxy) is 1. The van der Waals surface area contributed by atoms with Gasteiger partial charge in [0.15, 0.2) is 0 Å². The highest BCUT2D eigenvalue weighted by molar-refractivity contribution is 7.98. The van der Waals surface area contributed by atoms with Gasteiger partial charge in [-0.25, -0.2) is 4.79 Å². The van der Waals surface area contributed by atoms with Gasteiger partial charge in [0.05, 0.1) is 6.61 Å². The van der Waals surface area contributed by atoms with Gasteiger partial charge in [-0.05, 0) is 70.2 Å². The van der Waals surface area contributed by atoms with Gasteiger partial charge in [0.1, 0.15) is 17.7 Å². The van der Waals surface area contributed by atoms with E-state index in [0.29, 0.717) is 23.4 Å². The monoisotopic (exact) mass is 529 g/mol. The van der Waals surface area contributed by atoms with Crippen LogP contribution in [0.3, 0.4) is 0 Å². The Hall–Kier alpha value is -3.04. The first-order valence-corrected chi connectivity index (χ1v) is 13.7. The number of carbonyl (C=O) groups is 3. The van der Waals surface area contributed by atoms with Crippen LogP contribution < -0.4 is 10.6 Å². The van der Waals surface area contributed by atoms with Gasteiger partial charge in [-0.1, -0.05) is 48.0 Å². The van der Waals surface area contributed by atoms with Crippen LogP contribution in [0, 0.1) is 13.8 Å². The number of aliphatic hydroxyl groups excluding tert-OH is 1. The highest BCUT2D eigenvalue weighted by atomic mass is 32.2. The number of aliphatic hydroxyl groups is 1. The standard InChI is InChI=1S/C28H39N3O5S/c1-19-10-9-12-21(18-19)24(25(33)29-22-13-8-7-11-20(22)2)31(15-16-32)26(34)23(14-17-37-6)30-27(35)36-28(3,4)5/h7-13,18,23-24,32H,14-17H2,1-6H3,(H,29,33)(H,30,35). The van der Waals surface area contributed by atoms with E-state index in [9.17, 15) is 19.5 Å². The number of carbonyl (C=O) groups excluding carboxylic acids is 3. The summed E-state index contributed by atoms with van der Waals surface area (Å²) in [6.07, 6.45) is 1.53. The van der Waals surface area contributed by atoms with Crippen molar-refractivity contribution in [2.75, 3.05) is 30.5 Å². The maximum Gasteiger partial charge on any atom is 0.408 e. The lowest BCUT2D eigenvalue weighted by atomic mass is 10.00. The molecule has 3 N–H and O–H groups in total. The molecule has 0 spiro atoms. The fourth-order valence-corrected chi connectivity index (χ4v) is 4.32. The Labute approximate surface area is 224 Å². The van der Waals surface area contributed by atoms with Crippen LogP contribution in [0.1, 0.15) is 49.9 Å². The van der Waals surface area contributed by atoms with Crippen LogP contribution in [-0.2, 0) is 14.3 Å². The average Bonchev–Trinajstić information content (AvgIpc) is 2.81. The zero-order valence-corrected chi connectivity index (χ0v) is 23.4. The van der Waals surface area contributed by atoms with Crippen LogP contribution in [0.4, 0.5) is 10.5 Å². The second kappa shape index (κ2) is 14.0. The van der Waals surface area contributed by atoms with E-state index in [1.54, 1.807) is 32.9 Å². The second-order valence-electron chi connectivity index (χ2n) is 9.86. The van der Waals surface area contributed by atoms with E-state index in [0.717, 1.165) is 11.1 Å². The van der Waals surface area contributed by atoms with Crippen molar-refractivity contribution in [1.29, 1.82) is 0 Å². The van der Waals surface area contributed by atoms with Gasteiger partial charge >= 0.3 is 6.09 Å². The van der Waals surface area contributed by atoms with E-state index >= 15 is 0 Å². The van der Waals surface area contributed by atoms with Crippen LogP contribution in [0.15, 0.2) is 48.5 Å². The SMILES string of the molecule is CSCCC(NC(=O)OC(C)(C)C)C(=O)N(CCO)C(C(=O)Nc1ccccc1C)c1cccc(C)c1. The number of anilines is 1. The van der Waals surface area contributed by atoms with Gasteiger partial charge in [0.2, 0.25) is 5.91 Å². The number of alkyl carbamates (subject to hydrolysis) is 1. The molecule has 0 saturated carbocycles.